The van der Waals surface area contributed by atoms with Crippen molar-refractivity contribution >= 4 is 12.1 Å². The first kappa shape index (κ1) is 19.0. The molecule has 0 spiro atoms. The first-order valence-corrected chi connectivity index (χ1v) is 7.40. The van der Waals surface area contributed by atoms with Crippen molar-refractivity contribution in [2.75, 3.05) is 20.3 Å². The van der Waals surface area contributed by atoms with Gasteiger partial charge >= 0.3 is 12.1 Å². The van der Waals surface area contributed by atoms with Crippen LogP contribution in [0.2, 0.25) is 0 Å². The number of furan rings is 1. The molecule has 0 aliphatic rings. The number of hydrogen-bond donors (Lipinski definition) is 1. The number of carboxylic acid groups (broad SMARTS) is 1. The highest BCUT2D eigenvalue weighted by atomic mass is 16.6. The highest BCUT2D eigenvalue weighted by molar-refractivity contribution is 5.68. The smallest absolute Gasteiger partial charge is 0.410 e. The van der Waals surface area contributed by atoms with Crippen molar-refractivity contribution in [3.63, 3.8) is 0 Å². The van der Waals surface area contributed by atoms with Crippen LogP contribution >= 0.6 is 0 Å². The van der Waals surface area contributed by atoms with Crippen LogP contribution in [0.4, 0.5) is 4.79 Å². The molecule has 1 aromatic rings. The molecule has 130 valence electrons. The maximum absolute atomic E-state index is 12.3. The Kier molecular flexibility index (Phi) is 6.62. The predicted octanol–water partition coefficient (Wildman–Crippen LogP) is 2.92. The van der Waals surface area contributed by atoms with Gasteiger partial charge in [-0.05, 0) is 32.9 Å². The van der Waals surface area contributed by atoms with E-state index in [1.165, 1.54) is 11.2 Å². The summed E-state index contributed by atoms with van der Waals surface area (Å²) < 4.78 is 16.0. The maximum atomic E-state index is 12.3. The zero-order valence-electron chi connectivity index (χ0n) is 14.2. The summed E-state index contributed by atoms with van der Waals surface area (Å²) in [6.07, 6.45) is 1.04. The number of ether oxygens (including phenoxy) is 2. The fraction of sp³-hybridized carbons (Fsp3) is 0.625. The van der Waals surface area contributed by atoms with E-state index < -0.39 is 23.7 Å². The normalized spacial score (nSPS) is 14.1. The van der Waals surface area contributed by atoms with Crippen molar-refractivity contribution in [1.82, 2.24) is 4.90 Å². The Labute approximate surface area is 136 Å². The lowest BCUT2D eigenvalue weighted by atomic mass is 9.99. The van der Waals surface area contributed by atoms with Gasteiger partial charge in [-0.3, -0.25) is 0 Å². The summed E-state index contributed by atoms with van der Waals surface area (Å²) >= 11 is 0. The van der Waals surface area contributed by atoms with Gasteiger partial charge < -0.3 is 23.9 Å². The summed E-state index contributed by atoms with van der Waals surface area (Å²) in [5.74, 6) is -0.630. The van der Waals surface area contributed by atoms with Crippen LogP contribution in [0.25, 0.3) is 0 Å². The second kappa shape index (κ2) is 8.01. The topological polar surface area (TPSA) is 89.2 Å². The quantitative estimate of drug-likeness (QED) is 0.828. The highest BCUT2D eigenvalue weighted by Gasteiger charge is 2.32. The number of hydrogen-bond acceptors (Lipinski definition) is 5. The van der Waals surface area contributed by atoms with Gasteiger partial charge in [0.15, 0.2) is 0 Å². The number of carbonyl (C=O) groups excluding carboxylic acids is 1. The van der Waals surface area contributed by atoms with Gasteiger partial charge in [0.25, 0.3) is 0 Å². The van der Waals surface area contributed by atoms with E-state index in [4.69, 9.17) is 19.0 Å². The number of rotatable bonds is 7. The molecule has 0 saturated carbocycles. The average molecular weight is 327 g/mol. The van der Waals surface area contributed by atoms with Crippen molar-refractivity contribution in [2.24, 2.45) is 5.92 Å². The van der Waals surface area contributed by atoms with E-state index in [1.807, 2.05) is 6.92 Å². The fourth-order valence-electron chi connectivity index (χ4n) is 2.18. The monoisotopic (exact) mass is 327 g/mol. The first-order chi connectivity index (χ1) is 10.6. The molecule has 1 rings (SSSR count). The van der Waals surface area contributed by atoms with Gasteiger partial charge in [-0.1, -0.05) is 6.92 Å². The molecule has 1 N–H and O–H groups in total. The molecule has 0 saturated heterocycles. The van der Waals surface area contributed by atoms with Crippen molar-refractivity contribution in [2.45, 2.75) is 39.3 Å². The van der Waals surface area contributed by atoms with E-state index in [2.05, 4.69) is 0 Å². The van der Waals surface area contributed by atoms with Gasteiger partial charge in [-0.2, -0.15) is 0 Å². The lowest BCUT2D eigenvalue weighted by molar-refractivity contribution is -0.142. The molecule has 0 aliphatic carbocycles. The van der Waals surface area contributed by atoms with E-state index in [1.54, 1.807) is 40.0 Å². The van der Waals surface area contributed by atoms with Crippen LogP contribution in [0, 0.1) is 5.92 Å². The SMILES string of the molecule is C[C@H](COCC(=O)O)[C@@H](c1ccco1)N(C)C(=O)OC(C)(C)C. The molecule has 1 heterocycles. The average Bonchev–Trinajstić information content (AvgIpc) is 2.90. The second-order valence-corrected chi connectivity index (χ2v) is 6.44. The molecule has 0 bridgehead atoms. The number of nitrogens with zero attached hydrogens (tertiary/aromatic N) is 1. The minimum atomic E-state index is -1.03. The number of carboxylic acids is 1. The summed E-state index contributed by atoms with van der Waals surface area (Å²) in [7, 11) is 1.62. The Morgan fingerprint density at radius 2 is 2.04 bits per heavy atom. The summed E-state index contributed by atoms with van der Waals surface area (Å²) in [5.41, 5.74) is -0.609. The Morgan fingerprint density at radius 3 is 2.52 bits per heavy atom. The summed E-state index contributed by atoms with van der Waals surface area (Å²) in [6.45, 7) is 7.02. The van der Waals surface area contributed by atoms with E-state index in [9.17, 15) is 9.59 Å². The molecule has 0 unspecified atom stereocenters. The Hall–Kier alpha value is -2.02. The molecule has 0 radical (unpaired) electrons. The maximum Gasteiger partial charge on any atom is 0.410 e. The van der Waals surface area contributed by atoms with Crippen molar-refractivity contribution in [3.05, 3.63) is 24.2 Å². The zero-order valence-corrected chi connectivity index (χ0v) is 14.2. The van der Waals surface area contributed by atoms with E-state index in [0.29, 0.717) is 5.76 Å². The van der Waals surface area contributed by atoms with Crippen LogP contribution in [0.3, 0.4) is 0 Å². The van der Waals surface area contributed by atoms with Crippen LogP contribution in [-0.2, 0) is 14.3 Å². The first-order valence-electron chi connectivity index (χ1n) is 7.40. The largest absolute Gasteiger partial charge is 0.480 e. The van der Waals surface area contributed by atoms with E-state index in [-0.39, 0.29) is 19.1 Å². The molecule has 0 aromatic carbocycles. The van der Waals surface area contributed by atoms with Gasteiger partial charge in [0, 0.05) is 13.0 Å². The summed E-state index contributed by atoms with van der Waals surface area (Å²) in [4.78, 5) is 24.3. The third-order valence-electron chi connectivity index (χ3n) is 3.08. The Bertz CT molecular complexity index is 505. The van der Waals surface area contributed by atoms with Crippen LogP contribution in [-0.4, -0.2) is 47.9 Å². The van der Waals surface area contributed by atoms with Gasteiger partial charge in [-0.25, -0.2) is 9.59 Å². The van der Waals surface area contributed by atoms with E-state index in [0.717, 1.165) is 0 Å². The molecule has 7 heteroatoms. The zero-order chi connectivity index (χ0) is 17.6. The molecule has 0 aliphatic heterocycles. The Morgan fingerprint density at radius 1 is 1.39 bits per heavy atom. The third kappa shape index (κ3) is 6.32. The van der Waals surface area contributed by atoms with E-state index >= 15 is 0 Å². The summed E-state index contributed by atoms with van der Waals surface area (Å²) in [5, 5.41) is 8.65. The molecule has 0 fully saturated rings. The van der Waals surface area contributed by atoms with Crippen molar-refractivity contribution < 1.29 is 28.6 Å². The standard InChI is InChI=1S/C16H25NO6/c1-11(9-21-10-13(18)19)14(12-7-6-8-22-12)17(5)15(20)23-16(2,3)4/h6-8,11,14H,9-10H2,1-5H3,(H,18,19)/t11-,14+/m1/s1. The van der Waals surface area contributed by atoms with Crippen molar-refractivity contribution in [1.29, 1.82) is 0 Å². The number of aliphatic carboxylic acids is 1. The number of amides is 1. The lowest BCUT2D eigenvalue weighted by Crippen LogP contribution is -2.39. The minimum absolute atomic E-state index is 0.171. The molecular formula is C16H25NO6. The highest BCUT2D eigenvalue weighted by Crippen LogP contribution is 2.29. The van der Waals surface area contributed by atoms with Gasteiger partial charge in [0.05, 0.1) is 18.9 Å². The number of carbonyl (C=O) groups is 2. The second-order valence-electron chi connectivity index (χ2n) is 6.44. The minimum Gasteiger partial charge on any atom is -0.480 e. The van der Waals surface area contributed by atoms with Gasteiger partial charge in [0.2, 0.25) is 0 Å². The molecular weight excluding hydrogens is 302 g/mol. The molecule has 7 nitrogen and oxygen atoms in total. The molecule has 23 heavy (non-hydrogen) atoms. The van der Waals surface area contributed by atoms with Crippen LogP contribution in [0.5, 0.6) is 0 Å². The third-order valence-corrected chi connectivity index (χ3v) is 3.08. The molecule has 1 amide bonds. The van der Waals surface area contributed by atoms with Crippen LogP contribution in [0.15, 0.2) is 22.8 Å². The molecule has 1 aromatic heterocycles. The van der Waals surface area contributed by atoms with Gasteiger partial charge in [-0.15, -0.1) is 0 Å². The summed E-state index contributed by atoms with van der Waals surface area (Å²) in [6, 6.07) is 3.07. The fourth-order valence-corrected chi connectivity index (χ4v) is 2.18. The van der Waals surface area contributed by atoms with Gasteiger partial charge in [0.1, 0.15) is 18.0 Å². The Balaban J connectivity index is 2.84. The molecule has 2 atom stereocenters. The van der Waals surface area contributed by atoms with Crippen LogP contribution < -0.4 is 0 Å². The predicted molar refractivity (Wildman–Crippen MR) is 83.1 cm³/mol. The van der Waals surface area contributed by atoms with Crippen LogP contribution in [0.1, 0.15) is 39.5 Å². The lowest BCUT2D eigenvalue weighted by Gasteiger charge is -2.32. The van der Waals surface area contributed by atoms with Crippen molar-refractivity contribution in [3.8, 4) is 0 Å².